The number of hydrogen-bond acceptors (Lipinski definition) is 3. The monoisotopic (exact) mass is 374 g/mol. The van der Waals surface area contributed by atoms with E-state index in [0.29, 0.717) is 5.56 Å². The van der Waals surface area contributed by atoms with Gasteiger partial charge in [0.15, 0.2) is 12.3 Å². The number of Topliss-reactive ketones (excluding diaryl/α,β-unsaturated/α-hetero) is 1. The highest BCUT2D eigenvalue weighted by Crippen LogP contribution is 2.16. The van der Waals surface area contributed by atoms with Crippen LogP contribution in [-0.4, -0.2) is 44.4 Å². The number of quaternary nitrogens is 1. The van der Waals surface area contributed by atoms with E-state index < -0.39 is 11.6 Å². The van der Waals surface area contributed by atoms with Gasteiger partial charge in [0.05, 0.1) is 31.9 Å². The second-order valence-electron chi connectivity index (χ2n) is 6.69. The molecule has 0 unspecified atom stereocenters. The molecule has 1 fully saturated rings. The van der Waals surface area contributed by atoms with Gasteiger partial charge in [-0.05, 0) is 43.3 Å². The zero-order valence-corrected chi connectivity index (χ0v) is 15.1. The predicted octanol–water partition coefficient (Wildman–Crippen LogP) is 1.51. The third kappa shape index (κ3) is 4.89. The van der Waals surface area contributed by atoms with Crippen LogP contribution in [0.25, 0.3) is 0 Å². The van der Waals surface area contributed by atoms with Crippen molar-refractivity contribution in [1.29, 1.82) is 0 Å². The van der Waals surface area contributed by atoms with Gasteiger partial charge in [0.1, 0.15) is 11.6 Å². The molecule has 7 heteroatoms. The van der Waals surface area contributed by atoms with Gasteiger partial charge in [0, 0.05) is 17.3 Å². The van der Waals surface area contributed by atoms with Crippen molar-refractivity contribution in [3.05, 3.63) is 59.7 Å². The zero-order valence-electron chi connectivity index (χ0n) is 15.1. The van der Waals surface area contributed by atoms with Crippen molar-refractivity contribution >= 4 is 23.1 Å². The van der Waals surface area contributed by atoms with Crippen LogP contribution in [-0.2, 0) is 4.79 Å². The van der Waals surface area contributed by atoms with Crippen LogP contribution in [0, 0.1) is 11.6 Å². The van der Waals surface area contributed by atoms with Crippen molar-refractivity contribution in [3.63, 3.8) is 0 Å². The average Bonchev–Trinajstić information content (AvgIpc) is 2.65. The number of nitrogens with one attached hydrogen (secondary N) is 2. The zero-order chi connectivity index (χ0) is 19.4. The Kier molecular flexibility index (Phi) is 5.81. The third-order valence-electron chi connectivity index (χ3n) is 4.73. The molecule has 1 aliphatic heterocycles. The highest BCUT2D eigenvalue weighted by Gasteiger charge is 2.23. The molecule has 0 aromatic heterocycles. The van der Waals surface area contributed by atoms with E-state index in [0.717, 1.165) is 48.9 Å². The molecule has 5 nitrogen and oxygen atoms in total. The van der Waals surface area contributed by atoms with Crippen molar-refractivity contribution in [2.75, 3.05) is 42.9 Å². The van der Waals surface area contributed by atoms with Gasteiger partial charge < -0.3 is 15.1 Å². The molecular formula is C20H22F2N3O2+. The summed E-state index contributed by atoms with van der Waals surface area (Å²) in [6.07, 6.45) is 0. The van der Waals surface area contributed by atoms with Crippen molar-refractivity contribution in [1.82, 2.24) is 0 Å². The molecule has 3 rings (SSSR count). The van der Waals surface area contributed by atoms with E-state index in [-0.39, 0.29) is 23.9 Å². The fourth-order valence-corrected chi connectivity index (χ4v) is 3.18. The Morgan fingerprint density at radius 1 is 1.07 bits per heavy atom. The average molecular weight is 374 g/mol. The first-order valence-electron chi connectivity index (χ1n) is 8.87. The number of rotatable bonds is 5. The first-order chi connectivity index (χ1) is 12.9. The van der Waals surface area contributed by atoms with Crippen LogP contribution in [0.1, 0.15) is 17.3 Å². The van der Waals surface area contributed by atoms with Crippen molar-refractivity contribution < 1.29 is 23.3 Å². The lowest BCUT2D eigenvalue weighted by Gasteiger charge is -2.33. The molecule has 1 aliphatic rings. The van der Waals surface area contributed by atoms with E-state index in [4.69, 9.17) is 0 Å². The highest BCUT2D eigenvalue weighted by atomic mass is 19.1. The lowest BCUT2D eigenvalue weighted by atomic mass is 10.1. The Balaban J connectivity index is 1.50. The predicted molar refractivity (Wildman–Crippen MR) is 99.2 cm³/mol. The van der Waals surface area contributed by atoms with E-state index in [1.165, 1.54) is 6.07 Å². The Bertz CT molecular complexity index is 832. The molecule has 0 radical (unpaired) electrons. The number of carbonyl (C=O) groups is 2. The molecule has 142 valence electrons. The van der Waals surface area contributed by atoms with Gasteiger partial charge in [0.25, 0.3) is 5.91 Å². The van der Waals surface area contributed by atoms with Crippen LogP contribution < -0.4 is 15.1 Å². The summed E-state index contributed by atoms with van der Waals surface area (Å²) < 4.78 is 26.5. The summed E-state index contributed by atoms with van der Waals surface area (Å²) in [6.45, 7) is 4.88. The van der Waals surface area contributed by atoms with E-state index in [9.17, 15) is 18.4 Å². The molecular weight excluding hydrogens is 352 g/mol. The van der Waals surface area contributed by atoms with Gasteiger partial charge in [0.2, 0.25) is 0 Å². The van der Waals surface area contributed by atoms with Gasteiger partial charge >= 0.3 is 0 Å². The fraction of sp³-hybridized carbons (Fsp3) is 0.300. The number of halogens is 2. The molecule has 0 bridgehead atoms. The number of benzene rings is 2. The number of nitrogens with zero attached hydrogens (tertiary/aromatic N) is 1. The molecule has 1 saturated heterocycles. The van der Waals surface area contributed by atoms with Crippen LogP contribution >= 0.6 is 0 Å². The van der Waals surface area contributed by atoms with Gasteiger partial charge in [-0.1, -0.05) is 0 Å². The maximum atomic E-state index is 13.6. The first kappa shape index (κ1) is 19.0. The summed E-state index contributed by atoms with van der Waals surface area (Å²) in [5.74, 6) is -1.71. The van der Waals surface area contributed by atoms with Crippen molar-refractivity contribution in [2.24, 2.45) is 0 Å². The van der Waals surface area contributed by atoms with E-state index >= 15 is 0 Å². The van der Waals surface area contributed by atoms with Gasteiger partial charge in [-0.3, -0.25) is 9.59 Å². The van der Waals surface area contributed by atoms with E-state index in [1.807, 2.05) is 24.3 Å². The molecule has 2 aromatic rings. The van der Waals surface area contributed by atoms with E-state index in [1.54, 1.807) is 6.92 Å². The van der Waals surface area contributed by atoms with Gasteiger partial charge in [-0.2, -0.15) is 0 Å². The van der Waals surface area contributed by atoms with Crippen molar-refractivity contribution in [2.45, 2.75) is 6.92 Å². The first-order valence-corrected chi connectivity index (χ1v) is 8.87. The Morgan fingerprint density at radius 2 is 1.74 bits per heavy atom. The Morgan fingerprint density at radius 3 is 2.33 bits per heavy atom. The molecule has 0 atom stereocenters. The summed E-state index contributed by atoms with van der Waals surface area (Å²) in [6, 6.07) is 10.6. The normalized spacial score (nSPS) is 14.9. The summed E-state index contributed by atoms with van der Waals surface area (Å²) >= 11 is 0. The molecule has 2 aromatic carbocycles. The standard InChI is InChI=1S/C20H21F2N3O2/c1-14(26)15-2-5-17(6-3-15)25-10-8-24(9-11-25)13-20(27)23-19-7-4-16(21)12-18(19)22/h2-7,12H,8-11,13H2,1H3,(H,23,27)/p+1. The fourth-order valence-electron chi connectivity index (χ4n) is 3.18. The highest BCUT2D eigenvalue weighted by molar-refractivity contribution is 5.94. The van der Waals surface area contributed by atoms with Crippen molar-refractivity contribution in [3.8, 4) is 0 Å². The van der Waals surface area contributed by atoms with E-state index in [2.05, 4.69) is 10.2 Å². The maximum Gasteiger partial charge on any atom is 0.279 e. The number of hydrogen-bond donors (Lipinski definition) is 2. The minimum Gasteiger partial charge on any atom is -0.360 e. The topological polar surface area (TPSA) is 53.9 Å². The van der Waals surface area contributed by atoms with Crippen LogP contribution in [0.15, 0.2) is 42.5 Å². The quantitative estimate of drug-likeness (QED) is 0.781. The van der Waals surface area contributed by atoms with Crippen LogP contribution in [0.3, 0.4) is 0 Å². The number of anilines is 2. The number of carbonyl (C=O) groups excluding carboxylic acids is 2. The lowest BCUT2D eigenvalue weighted by Crippen LogP contribution is -3.15. The molecule has 2 N–H and O–H groups in total. The smallest absolute Gasteiger partial charge is 0.279 e. The second-order valence-corrected chi connectivity index (χ2v) is 6.69. The SMILES string of the molecule is CC(=O)c1ccc(N2CC[NH+](CC(=O)Nc3ccc(F)cc3F)CC2)cc1. The molecule has 0 aliphatic carbocycles. The largest absolute Gasteiger partial charge is 0.360 e. The maximum absolute atomic E-state index is 13.6. The van der Waals surface area contributed by atoms with Crippen LogP contribution in [0.4, 0.5) is 20.2 Å². The summed E-state index contributed by atoms with van der Waals surface area (Å²) in [4.78, 5) is 26.8. The molecule has 0 spiro atoms. The molecule has 1 amide bonds. The summed E-state index contributed by atoms with van der Waals surface area (Å²) in [7, 11) is 0. The minimum atomic E-state index is -0.780. The Hall–Kier alpha value is -2.80. The number of ketones is 1. The Labute approximate surface area is 156 Å². The number of amides is 1. The number of piperazine rings is 1. The summed E-state index contributed by atoms with van der Waals surface area (Å²) in [5, 5.41) is 2.50. The lowest BCUT2D eigenvalue weighted by molar-refractivity contribution is -0.892. The van der Waals surface area contributed by atoms with Gasteiger partial charge in [-0.15, -0.1) is 0 Å². The second kappa shape index (κ2) is 8.26. The molecule has 27 heavy (non-hydrogen) atoms. The molecule has 0 saturated carbocycles. The summed E-state index contributed by atoms with van der Waals surface area (Å²) in [5.41, 5.74) is 1.73. The molecule has 1 heterocycles. The van der Waals surface area contributed by atoms with Crippen LogP contribution in [0.2, 0.25) is 0 Å². The third-order valence-corrected chi connectivity index (χ3v) is 4.73. The van der Waals surface area contributed by atoms with Crippen LogP contribution in [0.5, 0.6) is 0 Å². The minimum absolute atomic E-state index is 0.00926. The van der Waals surface area contributed by atoms with Gasteiger partial charge in [-0.25, -0.2) is 8.78 Å².